The molecule has 1 aliphatic rings. The third-order valence-corrected chi connectivity index (χ3v) is 6.41. The van der Waals surface area contributed by atoms with Gasteiger partial charge in [-0.3, -0.25) is 4.79 Å². The minimum Gasteiger partial charge on any atom is -0.403 e. The number of carbonyl (C=O) groups excluding carboxylic acids is 1. The minimum absolute atomic E-state index is 0.424. The summed E-state index contributed by atoms with van der Waals surface area (Å²) >= 11 is 0. The van der Waals surface area contributed by atoms with E-state index in [4.69, 9.17) is 5.73 Å². The molecule has 0 heterocycles. The molecular weight excluding hydrogens is 533 g/mol. The van der Waals surface area contributed by atoms with Crippen LogP contribution in [0.5, 0.6) is 0 Å². The number of alkyl halides is 1. The summed E-state index contributed by atoms with van der Waals surface area (Å²) in [5, 5.41) is 5.93. The molecule has 0 aromatic heterocycles. The van der Waals surface area contributed by atoms with Gasteiger partial charge in [0.15, 0.2) is 6.29 Å². The zero-order valence-corrected chi connectivity index (χ0v) is 29.9. The van der Waals surface area contributed by atoms with Crippen molar-refractivity contribution in [3.8, 4) is 0 Å². The number of nitrogens with two attached hydrogens (primary N) is 1. The first-order valence-corrected chi connectivity index (χ1v) is 16.3. The Morgan fingerprint density at radius 2 is 1.60 bits per heavy atom. The van der Waals surface area contributed by atoms with Crippen LogP contribution in [-0.4, -0.2) is 25.5 Å². The second-order valence-electron chi connectivity index (χ2n) is 11.0. The number of hydrogen-bond acceptors (Lipinski definition) is 4. The number of carbonyl (C=O) groups is 1. The molecule has 1 aliphatic carbocycles. The summed E-state index contributed by atoms with van der Waals surface area (Å²) in [6, 6.07) is 0. The van der Waals surface area contributed by atoms with Gasteiger partial charge in [-0.05, 0) is 66.0 Å². The predicted octanol–water partition coefficient (Wildman–Crippen LogP) is 10.8. The molecule has 1 saturated carbocycles. The Morgan fingerprint density at radius 3 is 1.95 bits per heavy atom. The van der Waals surface area contributed by atoms with Gasteiger partial charge in [0.05, 0.1) is 0 Å². The van der Waals surface area contributed by atoms with Crippen LogP contribution in [-0.2, 0) is 4.79 Å². The van der Waals surface area contributed by atoms with Crippen LogP contribution in [0.4, 0.5) is 4.39 Å². The molecule has 4 N–H and O–H groups in total. The van der Waals surface area contributed by atoms with Crippen molar-refractivity contribution in [3.05, 3.63) is 84.4 Å². The van der Waals surface area contributed by atoms with Crippen LogP contribution in [0.3, 0.4) is 0 Å². The van der Waals surface area contributed by atoms with Crippen LogP contribution in [0.2, 0.25) is 0 Å². The Bertz CT molecular complexity index is 817. The SMILES string of the molecule is C=C(/C=C(\CC=CC)CNC)C(C)(C)F.C=C(C=O)C(N/C=C/N)=C(C)C.C=CCC.CC.CCCC1CCCCCC1. The summed E-state index contributed by atoms with van der Waals surface area (Å²) < 4.78 is 13.5. The van der Waals surface area contributed by atoms with Gasteiger partial charge < -0.3 is 16.4 Å². The average Bonchev–Trinajstić information content (AvgIpc) is 3.26. The zero-order chi connectivity index (χ0) is 34.1. The van der Waals surface area contributed by atoms with E-state index in [2.05, 4.69) is 50.3 Å². The molecule has 0 aromatic carbocycles. The van der Waals surface area contributed by atoms with Gasteiger partial charge in [-0.2, -0.15) is 0 Å². The van der Waals surface area contributed by atoms with Crippen molar-refractivity contribution in [2.45, 2.75) is 132 Å². The minimum atomic E-state index is -1.34. The van der Waals surface area contributed by atoms with Crippen molar-refractivity contribution in [3.63, 3.8) is 0 Å². The molecule has 0 aliphatic heterocycles. The molecule has 1 rings (SSSR count). The van der Waals surface area contributed by atoms with E-state index in [0.29, 0.717) is 23.1 Å². The first kappa shape index (κ1) is 47.3. The van der Waals surface area contributed by atoms with Crippen LogP contribution >= 0.6 is 0 Å². The van der Waals surface area contributed by atoms with Crippen molar-refractivity contribution in [2.75, 3.05) is 13.6 Å². The van der Waals surface area contributed by atoms with E-state index in [9.17, 15) is 9.18 Å². The number of nitrogens with one attached hydrogen (secondary N) is 2. The van der Waals surface area contributed by atoms with Crippen molar-refractivity contribution >= 4 is 6.29 Å². The largest absolute Gasteiger partial charge is 0.403 e. The Labute approximate surface area is 267 Å². The molecule has 0 radical (unpaired) electrons. The molecule has 43 heavy (non-hydrogen) atoms. The van der Waals surface area contributed by atoms with Gasteiger partial charge in [0.25, 0.3) is 0 Å². The quantitative estimate of drug-likeness (QED) is 0.0644. The molecule has 250 valence electrons. The monoisotopic (exact) mass is 604 g/mol. The highest BCUT2D eigenvalue weighted by Crippen LogP contribution is 2.26. The zero-order valence-electron chi connectivity index (χ0n) is 29.9. The normalized spacial score (nSPS) is 13.3. The lowest BCUT2D eigenvalue weighted by Crippen LogP contribution is -2.16. The average molecular weight is 604 g/mol. The maximum absolute atomic E-state index is 13.5. The number of allylic oxidation sites excluding steroid dienone is 7. The van der Waals surface area contributed by atoms with Gasteiger partial charge in [-0.15, -0.1) is 6.58 Å². The highest BCUT2D eigenvalue weighted by Gasteiger charge is 2.18. The highest BCUT2D eigenvalue weighted by atomic mass is 19.1. The summed E-state index contributed by atoms with van der Waals surface area (Å²) in [7, 11) is 1.88. The molecular formula is C38H70FN3O. The molecule has 0 bridgehead atoms. The van der Waals surface area contributed by atoms with Crippen molar-refractivity contribution in [1.29, 1.82) is 0 Å². The summed E-state index contributed by atoms with van der Waals surface area (Å²) in [5.41, 5.74) is 7.60. The molecule has 0 unspecified atom stereocenters. The summed E-state index contributed by atoms with van der Waals surface area (Å²) in [6.45, 7) is 28.8. The van der Waals surface area contributed by atoms with E-state index >= 15 is 0 Å². The number of likely N-dealkylation sites (N-methyl/N-ethyl adjacent to an activating group) is 1. The van der Waals surface area contributed by atoms with Crippen LogP contribution in [0.1, 0.15) is 127 Å². The Kier molecular flexibility index (Phi) is 37.2. The first-order valence-electron chi connectivity index (χ1n) is 16.3. The van der Waals surface area contributed by atoms with Crippen molar-refractivity contribution in [2.24, 2.45) is 11.7 Å². The highest BCUT2D eigenvalue weighted by molar-refractivity contribution is 5.79. The van der Waals surface area contributed by atoms with Crippen LogP contribution in [0.25, 0.3) is 0 Å². The first-order chi connectivity index (χ1) is 20.4. The lowest BCUT2D eigenvalue weighted by molar-refractivity contribution is -0.104. The van der Waals surface area contributed by atoms with Crippen molar-refractivity contribution < 1.29 is 9.18 Å². The molecule has 5 heteroatoms. The number of hydrogen-bond donors (Lipinski definition) is 3. The topological polar surface area (TPSA) is 67.2 Å². The summed E-state index contributed by atoms with van der Waals surface area (Å²) in [4.78, 5) is 10.4. The fourth-order valence-electron chi connectivity index (χ4n) is 3.91. The second kappa shape index (κ2) is 33.8. The van der Waals surface area contributed by atoms with Crippen LogP contribution in [0, 0.1) is 5.92 Å². The van der Waals surface area contributed by atoms with Gasteiger partial charge in [0.1, 0.15) is 5.67 Å². The number of aldehydes is 1. The molecule has 0 aromatic rings. The fourth-order valence-corrected chi connectivity index (χ4v) is 3.91. The van der Waals surface area contributed by atoms with E-state index in [0.717, 1.165) is 36.5 Å². The molecule has 0 atom stereocenters. The molecule has 0 spiro atoms. The molecule has 0 amide bonds. The summed E-state index contributed by atoms with van der Waals surface area (Å²) in [5.74, 6) is 1.09. The van der Waals surface area contributed by atoms with E-state index in [1.165, 1.54) is 71.4 Å². The molecule has 0 saturated heterocycles. The Morgan fingerprint density at radius 1 is 1.07 bits per heavy atom. The van der Waals surface area contributed by atoms with E-state index in [1.54, 1.807) is 6.20 Å². The standard InChI is InChI=1S/C13H22FN.C10H20.C9H14N2O.C4H8.C2H6/c1-6-7-8-12(10-15-5)9-11(2)13(3,4)14;1-2-7-10-8-5-3-4-6-9-10;1-7(2)9(8(3)6-12)11-5-4-10;1-3-4-2;1-2/h6-7,9,15H,2,8,10H2,1,3-5H3;10H,2-9H2,1H3;4-6,11H,3,10H2,1-2H3;3H,1,4H2,2H3;1-2H3/b7-6?,12-9+;;5-4+;;. The Hall–Kier alpha value is -2.66. The number of halogens is 1. The molecule has 1 fully saturated rings. The van der Waals surface area contributed by atoms with Crippen molar-refractivity contribution in [1.82, 2.24) is 10.6 Å². The van der Waals surface area contributed by atoms with Gasteiger partial charge in [-0.25, -0.2) is 4.39 Å². The lowest BCUT2D eigenvalue weighted by Gasteiger charge is -2.16. The van der Waals surface area contributed by atoms with Gasteiger partial charge in [0, 0.05) is 30.2 Å². The van der Waals surface area contributed by atoms with Crippen LogP contribution < -0.4 is 16.4 Å². The van der Waals surface area contributed by atoms with Gasteiger partial charge in [-0.1, -0.05) is 128 Å². The maximum Gasteiger partial charge on any atom is 0.151 e. The Balaban J connectivity index is -0.000000246. The third kappa shape index (κ3) is 32.1. The molecule has 4 nitrogen and oxygen atoms in total. The van der Waals surface area contributed by atoms with Gasteiger partial charge >= 0.3 is 0 Å². The fraction of sp³-hybridized carbons (Fsp3) is 0.605. The predicted molar refractivity (Wildman–Crippen MR) is 194 cm³/mol. The maximum atomic E-state index is 13.5. The van der Waals surface area contributed by atoms with Gasteiger partial charge in [0.2, 0.25) is 0 Å². The number of rotatable bonds is 13. The third-order valence-electron chi connectivity index (χ3n) is 6.41. The smallest absolute Gasteiger partial charge is 0.151 e. The second-order valence-corrected chi connectivity index (χ2v) is 11.0. The van der Waals surface area contributed by atoms with Crippen LogP contribution in [0.15, 0.2) is 84.4 Å². The lowest BCUT2D eigenvalue weighted by atomic mass is 9.96. The summed E-state index contributed by atoms with van der Waals surface area (Å²) in [6.07, 6.45) is 25.2. The van der Waals surface area contributed by atoms with E-state index in [-0.39, 0.29) is 0 Å². The van der Waals surface area contributed by atoms with E-state index in [1.807, 2.05) is 59.9 Å². The van der Waals surface area contributed by atoms with E-state index < -0.39 is 5.67 Å².